The van der Waals surface area contributed by atoms with Crippen LogP contribution in [0.3, 0.4) is 0 Å². The van der Waals surface area contributed by atoms with E-state index in [2.05, 4.69) is 22.4 Å². The van der Waals surface area contributed by atoms with Crippen molar-refractivity contribution in [3.8, 4) is 5.75 Å². The number of aryl methyl sites for hydroxylation is 1. The number of carbonyl (C=O) groups excluding carboxylic acids is 1. The molecule has 0 spiro atoms. The van der Waals surface area contributed by atoms with Crippen molar-refractivity contribution >= 4 is 22.4 Å². The number of hydrogen-bond acceptors (Lipinski definition) is 5. The average Bonchev–Trinajstić information content (AvgIpc) is 2.90. The van der Waals surface area contributed by atoms with Gasteiger partial charge in [0.15, 0.2) is 6.61 Å². The van der Waals surface area contributed by atoms with Crippen LogP contribution in [0.5, 0.6) is 5.75 Å². The van der Waals surface area contributed by atoms with Crippen molar-refractivity contribution in [2.45, 2.75) is 26.2 Å². The third-order valence-corrected chi connectivity index (χ3v) is 3.52. The first-order valence-electron chi connectivity index (χ1n) is 6.68. The highest BCUT2D eigenvalue weighted by atomic mass is 32.1. The summed E-state index contributed by atoms with van der Waals surface area (Å²) in [5, 5.41) is 11.9. The highest BCUT2D eigenvalue weighted by Gasteiger charge is 2.09. The SMILES string of the molecule is CCCCc1nnc(NC(=O)COc2cccc(F)c2)s1. The second kappa shape index (κ2) is 7.68. The molecule has 0 bridgehead atoms. The van der Waals surface area contributed by atoms with E-state index < -0.39 is 5.82 Å². The average molecular weight is 309 g/mol. The summed E-state index contributed by atoms with van der Waals surface area (Å²) in [4.78, 5) is 11.7. The van der Waals surface area contributed by atoms with Crippen molar-refractivity contribution in [3.05, 3.63) is 35.1 Å². The lowest BCUT2D eigenvalue weighted by Crippen LogP contribution is -2.20. The lowest BCUT2D eigenvalue weighted by Gasteiger charge is -2.05. The van der Waals surface area contributed by atoms with Gasteiger partial charge in [0.25, 0.3) is 5.91 Å². The third-order valence-electron chi connectivity index (χ3n) is 2.62. The van der Waals surface area contributed by atoms with Crippen molar-refractivity contribution in [2.75, 3.05) is 11.9 Å². The van der Waals surface area contributed by atoms with Gasteiger partial charge in [-0.05, 0) is 18.6 Å². The van der Waals surface area contributed by atoms with Gasteiger partial charge in [-0.2, -0.15) is 0 Å². The molecule has 112 valence electrons. The minimum atomic E-state index is -0.405. The Bertz CT molecular complexity index is 603. The Hall–Kier alpha value is -2.02. The molecule has 21 heavy (non-hydrogen) atoms. The molecule has 1 heterocycles. The van der Waals surface area contributed by atoms with Crippen LogP contribution >= 0.6 is 11.3 Å². The summed E-state index contributed by atoms with van der Waals surface area (Å²) >= 11 is 1.36. The van der Waals surface area contributed by atoms with Crippen LogP contribution in [0.25, 0.3) is 0 Å². The zero-order valence-corrected chi connectivity index (χ0v) is 12.5. The number of unbranched alkanes of at least 4 members (excludes halogenated alkanes) is 1. The molecule has 2 rings (SSSR count). The van der Waals surface area contributed by atoms with Gasteiger partial charge in [-0.3, -0.25) is 10.1 Å². The predicted molar refractivity (Wildman–Crippen MR) is 79.0 cm³/mol. The van der Waals surface area contributed by atoms with Gasteiger partial charge in [-0.1, -0.05) is 30.7 Å². The van der Waals surface area contributed by atoms with Crippen molar-refractivity contribution in [1.82, 2.24) is 10.2 Å². The standard InChI is InChI=1S/C14H16FN3O2S/c1-2-3-7-13-17-18-14(21-13)16-12(19)9-20-11-6-4-5-10(15)8-11/h4-6,8H,2-3,7,9H2,1H3,(H,16,18,19). The Labute approximate surface area is 126 Å². The van der Waals surface area contributed by atoms with E-state index in [0.717, 1.165) is 24.3 Å². The van der Waals surface area contributed by atoms with E-state index in [-0.39, 0.29) is 12.5 Å². The van der Waals surface area contributed by atoms with E-state index in [4.69, 9.17) is 4.74 Å². The summed E-state index contributed by atoms with van der Waals surface area (Å²) in [5.41, 5.74) is 0. The van der Waals surface area contributed by atoms with Crippen LogP contribution in [-0.2, 0) is 11.2 Å². The number of amides is 1. The molecular weight excluding hydrogens is 293 g/mol. The summed E-state index contributed by atoms with van der Waals surface area (Å²) in [6, 6.07) is 5.64. The van der Waals surface area contributed by atoms with Crippen LogP contribution in [0.2, 0.25) is 0 Å². The Morgan fingerprint density at radius 3 is 3.05 bits per heavy atom. The smallest absolute Gasteiger partial charge is 0.264 e. The summed E-state index contributed by atoms with van der Waals surface area (Å²) in [5.74, 6) is -0.443. The highest BCUT2D eigenvalue weighted by molar-refractivity contribution is 7.15. The molecule has 5 nitrogen and oxygen atoms in total. The van der Waals surface area contributed by atoms with Crippen LogP contribution < -0.4 is 10.1 Å². The number of rotatable bonds is 7. The summed E-state index contributed by atoms with van der Waals surface area (Å²) in [6.07, 6.45) is 3.00. The lowest BCUT2D eigenvalue weighted by atomic mass is 10.3. The zero-order chi connectivity index (χ0) is 15.1. The quantitative estimate of drug-likeness (QED) is 0.854. The first-order valence-corrected chi connectivity index (χ1v) is 7.49. The summed E-state index contributed by atoms with van der Waals surface area (Å²) in [7, 11) is 0. The topological polar surface area (TPSA) is 64.1 Å². The van der Waals surface area contributed by atoms with E-state index in [9.17, 15) is 9.18 Å². The van der Waals surface area contributed by atoms with Crippen LogP contribution in [0.4, 0.5) is 9.52 Å². The Kier molecular flexibility index (Phi) is 5.62. The molecular formula is C14H16FN3O2S. The maximum Gasteiger partial charge on any atom is 0.264 e. The van der Waals surface area contributed by atoms with Gasteiger partial charge >= 0.3 is 0 Å². The minimum absolute atomic E-state index is 0.201. The summed E-state index contributed by atoms with van der Waals surface area (Å²) < 4.78 is 18.1. The van der Waals surface area contributed by atoms with Crippen LogP contribution in [0.15, 0.2) is 24.3 Å². The molecule has 2 aromatic rings. The monoisotopic (exact) mass is 309 g/mol. The van der Waals surface area contributed by atoms with E-state index in [1.54, 1.807) is 6.07 Å². The Morgan fingerprint density at radius 1 is 1.43 bits per heavy atom. The molecule has 7 heteroatoms. The Morgan fingerprint density at radius 2 is 2.29 bits per heavy atom. The number of nitrogens with one attached hydrogen (secondary N) is 1. The van der Waals surface area contributed by atoms with E-state index in [1.807, 2.05) is 0 Å². The minimum Gasteiger partial charge on any atom is -0.484 e. The van der Waals surface area contributed by atoms with Crippen molar-refractivity contribution in [2.24, 2.45) is 0 Å². The van der Waals surface area contributed by atoms with Crippen LogP contribution in [0.1, 0.15) is 24.8 Å². The molecule has 1 amide bonds. The second-order valence-corrected chi connectivity index (χ2v) is 5.46. The molecule has 0 saturated heterocycles. The molecule has 0 aliphatic carbocycles. The Balaban J connectivity index is 1.80. The van der Waals surface area contributed by atoms with E-state index >= 15 is 0 Å². The fraction of sp³-hybridized carbons (Fsp3) is 0.357. The summed E-state index contributed by atoms with van der Waals surface area (Å²) in [6.45, 7) is 1.90. The highest BCUT2D eigenvalue weighted by Crippen LogP contribution is 2.17. The predicted octanol–water partition coefficient (Wildman–Crippen LogP) is 3.04. The molecule has 0 unspecified atom stereocenters. The fourth-order valence-electron chi connectivity index (χ4n) is 1.59. The van der Waals surface area contributed by atoms with Gasteiger partial charge in [0.1, 0.15) is 16.6 Å². The third kappa shape index (κ3) is 5.11. The van der Waals surface area contributed by atoms with Gasteiger partial charge in [0, 0.05) is 12.5 Å². The number of carbonyl (C=O) groups is 1. The second-order valence-electron chi connectivity index (χ2n) is 4.40. The molecule has 0 fully saturated rings. The van der Waals surface area contributed by atoms with Gasteiger partial charge in [0.2, 0.25) is 5.13 Å². The molecule has 0 aliphatic rings. The molecule has 1 aromatic carbocycles. The maximum atomic E-state index is 12.9. The number of benzene rings is 1. The van der Waals surface area contributed by atoms with Gasteiger partial charge in [-0.25, -0.2) is 4.39 Å². The van der Waals surface area contributed by atoms with Gasteiger partial charge in [0.05, 0.1) is 0 Å². The van der Waals surface area contributed by atoms with E-state index in [0.29, 0.717) is 10.9 Å². The van der Waals surface area contributed by atoms with Crippen LogP contribution in [-0.4, -0.2) is 22.7 Å². The number of anilines is 1. The fourth-order valence-corrected chi connectivity index (χ4v) is 2.39. The zero-order valence-electron chi connectivity index (χ0n) is 11.6. The first kappa shape index (κ1) is 15.4. The van der Waals surface area contributed by atoms with Gasteiger partial charge < -0.3 is 4.74 Å². The number of halogens is 1. The first-order chi connectivity index (χ1) is 10.2. The van der Waals surface area contributed by atoms with E-state index in [1.165, 1.54) is 29.5 Å². The maximum absolute atomic E-state index is 12.9. The van der Waals surface area contributed by atoms with Crippen LogP contribution in [0, 0.1) is 5.82 Å². The normalized spacial score (nSPS) is 10.4. The number of nitrogens with zero attached hydrogens (tertiary/aromatic N) is 2. The lowest BCUT2D eigenvalue weighted by molar-refractivity contribution is -0.118. The molecule has 0 saturated carbocycles. The molecule has 0 atom stereocenters. The van der Waals surface area contributed by atoms with Crippen molar-refractivity contribution < 1.29 is 13.9 Å². The molecule has 1 aromatic heterocycles. The number of aromatic nitrogens is 2. The number of ether oxygens (including phenoxy) is 1. The largest absolute Gasteiger partial charge is 0.484 e. The molecule has 0 aliphatic heterocycles. The molecule has 1 N–H and O–H groups in total. The van der Waals surface area contributed by atoms with Crippen molar-refractivity contribution in [1.29, 1.82) is 0 Å². The van der Waals surface area contributed by atoms with Gasteiger partial charge in [-0.15, -0.1) is 10.2 Å². The molecule has 0 radical (unpaired) electrons. The van der Waals surface area contributed by atoms with Crippen molar-refractivity contribution in [3.63, 3.8) is 0 Å². The number of hydrogen-bond donors (Lipinski definition) is 1.